The van der Waals surface area contributed by atoms with Crippen LogP contribution in [0.1, 0.15) is 5.56 Å². The van der Waals surface area contributed by atoms with Crippen molar-refractivity contribution >= 4 is 23.0 Å². The lowest BCUT2D eigenvalue weighted by Gasteiger charge is -2.04. The van der Waals surface area contributed by atoms with Crippen LogP contribution in [0.5, 0.6) is 0 Å². The van der Waals surface area contributed by atoms with Crippen LogP contribution in [0.4, 0.5) is 10.1 Å². The molecule has 0 atom stereocenters. The second-order valence-corrected chi connectivity index (χ2v) is 2.74. The quantitative estimate of drug-likeness (QED) is 0.664. The maximum atomic E-state index is 13.0. The van der Waals surface area contributed by atoms with Crippen LogP contribution in [0, 0.1) is 17.1 Å². The van der Waals surface area contributed by atoms with E-state index in [9.17, 15) is 4.39 Å². The van der Waals surface area contributed by atoms with Gasteiger partial charge in [0.25, 0.3) is 0 Å². The predicted molar refractivity (Wildman–Crippen MR) is 51.5 cm³/mol. The van der Waals surface area contributed by atoms with E-state index in [-0.39, 0.29) is 10.8 Å². The number of benzene rings is 1. The average Bonchev–Trinajstić information content (AvgIpc) is 2.08. The fourth-order valence-electron chi connectivity index (χ4n) is 0.823. The molecule has 0 bridgehead atoms. The lowest BCUT2D eigenvalue weighted by molar-refractivity contribution is 0.632. The molecule has 0 aromatic heterocycles. The Labute approximate surface area is 80.0 Å². The summed E-state index contributed by atoms with van der Waals surface area (Å²) < 4.78 is 13.0. The molecule has 0 aliphatic heterocycles. The third-order valence-corrected chi connectivity index (χ3v) is 1.46. The molecule has 1 aromatic carbocycles. The number of nitriles is 1. The number of anilines is 1. The fourth-order valence-corrected chi connectivity index (χ4v) is 0.933. The summed E-state index contributed by atoms with van der Waals surface area (Å²) >= 11 is 4.53. The highest BCUT2D eigenvalue weighted by Crippen LogP contribution is 2.15. The second kappa shape index (κ2) is 3.83. The third-order valence-electron chi connectivity index (χ3n) is 1.35. The van der Waals surface area contributed by atoms with Crippen LogP contribution >= 0.6 is 12.2 Å². The van der Waals surface area contributed by atoms with Gasteiger partial charge < -0.3 is 11.1 Å². The van der Waals surface area contributed by atoms with Crippen LogP contribution in [0.2, 0.25) is 0 Å². The molecular formula is C8H6FN3S. The predicted octanol–water partition coefficient (Wildman–Crippen LogP) is 1.35. The molecule has 3 N–H and O–H groups in total. The summed E-state index contributed by atoms with van der Waals surface area (Å²) in [6.45, 7) is 0. The number of hydrogen-bond donors (Lipinski definition) is 2. The van der Waals surface area contributed by atoms with Gasteiger partial charge in [0.15, 0.2) is 5.11 Å². The molecule has 0 aliphatic rings. The van der Waals surface area contributed by atoms with Gasteiger partial charge >= 0.3 is 0 Å². The fraction of sp³-hybridized carbons (Fsp3) is 0. The van der Waals surface area contributed by atoms with Crippen LogP contribution in [0.15, 0.2) is 18.2 Å². The summed E-state index contributed by atoms with van der Waals surface area (Å²) in [5.74, 6) is -0.494. The molecular weight excluding hydrogens is 189 g/mol. The van der Waals surface area contributed by atoms with Crippen molar-refractivity contribution in [2.45, 2.75) is 0 Å². The normalized spacial score (nSPS) is 8.92. The lowest BCUT2D eigenvalue weighted by Crippen LogP contribution is -2.19. The summed E-state index contributed by atoms with van der Waals surface area (Å²) in [5, 5.41) is 10.9. The lowest BCUT2D eigenvalue weighted by atomic mass is 10.2. The minimum Gasteiger partial charge on any atom is -0.376 e. The first-order valence-electron chi connectivity index (χ1n) is 3.39. The van der Waals surface area contributed by atoms with E-state index in [2.05, 4.69) is 17.5 Å². The van der Waals surface area contributed by atoms with Gasteiger partial charge in [-0.15, -0.1) is 0 Å². The van der Waals surface area contributed by atoms with Gasteiger partial charge in [-0.05, 0) is 30.4 Å². The molecule has 13 heavy (non-hydrogen) atoms. The van der Waals surface area contributed by atoms with E-state index >= 15 is 0 Å². The van der Waals surface area contributed by atoms with Crippen LogP contribution < -0.4 is 11.1 Å². The molecule has 66 valence electrons. The Morgan fingerprint density at radius 1 is 1.62 bits per heavy atom. The SMILES string of the molecule is N#Cc1ccc(F)c(NC(N)=S)c1. The first kappa shape index (κ1) is 9.42. The van der Waals surface area contributed by atoms with Crippen molar-refractivity contribution in [3.63, 3.8) is 0 Å². The monoisotopic (exact) mass is 195 g/mol. The van der Waals surface area contributed by atoms with Gasteiger partial charge in [0.1, 0.15) is 5.82 Å². The highest BCUT2D eigenvalue weighted by molar-refractivity contribution is 7.80. The average molecular weight is 195 g/mol. The van der Waals surface area contributed by atoms with Gasteiger partial charge in [-0.25, -0.2) is 4.39 Å². The van der Waals surface area contributed by atoms with Gasteiger partial charge in [0.2, 0.25) is 0 Å². The molecule has 0 heterocycles. The molecule has 0 amide bonds. The van der Waals surface area contributed by atoms with Crippen LogP contribution in [-0.2, 0) is 0 Å². The highest BCUT2D eigenvalue weighted by atomic mass is 32.1. The standard InChI is InChI=1S/C8H6FN3S/c9-6-2-1-5(4-10)3-7(6)12-8(11)13/h1-3H,(H3,11,12,13). The third kappa shape index (κ3) is 2.39. The number of nitrogens with one attached hydrogen (secondary N) is 1. The highest BCUT2D eigenvalue weighted by Gasteiger charge is 2.03. The van der Waals surface area contributed by atoms with E-state index in [1.54, 1.807) is 0 Å². The van der Waals surface area contributed by atoms with Crippen LogP contribution in [0.3, 0.4) is 0 Å². The van der Waals surface area contributed by atoms with E-state index in [1.807, 2.05) is 6.07 Å². The molecule has 0 unspecified atom stereocenters. The number of hydrogen-bond acceptors (Lipinski definition) is 2. The van der Waals surface area contributed by atoms with Crippen molar-refractivity contribution in [3.05, 3.63) is 29.6 Å². The zero-order valence-corrected chi connectivity index (χ0v) is 7.36. The number of nitrogens with two attached hydrogens (primary N) is 1. The number of thiocarbonyl (C=S) groups is 1. The molecule has 1 aromatic rings. The summed E-state index contributed by atoms with van der Waals surface area (Å²) in [4.78, 5) is 0. The Kier molecular flexibility index (Phi) is 2.77. The van der Waals surface area contributed by atoms with Crippen molar-refractivity contribution in [3.8, 4) is 6.07 Å². The summed E-state index contributed by atoms with van der Waals surface area (Å²) in [7, 11) is 0. The van der Waals surface area contributed by atoms with E-state index in [1.165, 1.54) is 18.2 Å². The maximum absolute atomic E-state index is 13.0. The first-order chi connectivity index (χ1) is 6.13. The van der Waals surface area contributed by atoms with E-state index in [4.69, 9.17) is 11.0 Å². The van der Waals surface area contributed by atoms with Crippen molar-refractivity contribution in [1.82, 2.24) is 0 Å². The summed E-state index contributed by atoms with van der Waals surface area (Å²) in [5.41, 5.74) is 5.62. The van der Waals surface area contributed by atoms with Crippen molar-refractivity contribution in [2.24, 2.45) is 5.73 Å². The van der Waals surface area contributed by atoms with Gasteiger partial charge in [0, 0.05) is 0 Å². The van der Waals surface area contributed by atoms with Crippen LogP contribution in [0.25, 0.3) is 0 Å². The van der Waals surface area contributed by atoms with Gasteiger partial charge in [-0.2, -0.15) is 5.26 Å². The number of nitrogens with zero attached hydrogens (tertiary/aromatic N) is 1. The van der Waals surface area contributed by atoms with Crippen molar-refractivity contribution in [1.29, 1.82) is 5.26 Å². The molecule has 0 aliphatic carbocycles. The molecule has 0 saturated carbocycles. The van der Waals surface area contributed by atoms with E-state index in [0.29, 0.717) is 5.56 Å². The van der Waals surface area contributed by atoms with Crippen LogP contribution in [-0.4, -0.2) is 5.11 Å². The molecule has 3 nitrogen and oxygen atoms in total. The Morgan fingerprint density at radius 3 is 2.85 bits per heavy atom. The Morgan fingerprint density at radius 2 is 2.31 bits per heavy atom. The zero-order chi connectivity index (χ0) is 9.84. The Balaban J connectivity index is 3.05. The summed E-state index contributed by atoms with van der Waals surface area (Å²) in [6.07, 6.45) is 0. The van der Waals surface area contributed by atoms with Crippen molar-refractivity contribution in [2.75, 3.05) is 5.32 Å². The molecule has 0 fully saturated rings. The zero-order valence-electron chi connectivity index (χ0n) is 6.54. The minimum absolute atomic E-state index is 0.0333. The molecule has 5 heteroatoms. The molecule has 1 rings (SSSR count). The molecule has 0 spiro atoms. The van der Waals surface area contributed by atoms with E-state index < -0.39 is 5.82 Å². The number of halogens is 1. The second-order valence-electron chi connectivity index (χ2n) is 2.30. The topological polar surface area (TPSA) is 61.8 Å². The first-order valence-corrected chi connectivity index (χ1v) is 3.80. The largest absolute Gasteiger partial charge is 0.376 e. The minimum atomic E-state index is -0.494. The Hall–Kier alpha value is -1.67. The van der Waals surface area contributed by atoms with Gasteiger partial charge in [-0.1, -0.05) is 0 Å². The smallest absolute Gasteiger partial charge is 0.168 e. The Bertz CT molecular complexity index is 383. The molecule has 0 radical (unpaired) electrons. The maximum Gasteiger partial charge on any atom is 0.168 e. The van der Waals surface area contributed by atoms with Crippen molar-refractivity contribution < 1.29 is 4.39 Å². The molecule has 0 saturated heterocycles. The number of rotatable bonds is 1. The van der Waals surface area contributed by atoms with Gasteiger partial charge in [0.05, 0.1) is 17.3 Å². The summed E-state index contributed by atoms with van der Waals surface area (Å²) in [6, 6.07) is 5.77. The van der Waals surface area contributed by atoms with E-state index in [0.717, 1.165) is 0 Å². The van der Waals surface area contributed by atoms with Gasteiger partial charge in [-0.3, -0.25) is 0 Å².